The second-order valence-electron chi connectivity index (χ2n) is 3.70. The maximum Gasteiger partial charge on any atom is 0.140 e. The first-order chi connectivity index (χ1) is 8.38. The molecule has 0 saturated carbocycles. The lowest BCUT2D eigenvalue weighted by molar-refractivity contribution is 0.519. The van der Waals surface area contributed by atoms with Gasteiger partial charge >= 0.3 is 0 Å². The molecule has 0 amide bonds. The molecule has 0 aliphatic rings. The van der Waals surface area contributed by atoms with Gasteiger partial charge in [-0.25, -0.2) is 0 Å². The monoisotopic (exact) mass is 222 g/mol. The molecule has 17 heavy (non-hydrogen) atoms. The van der Waals surface area contributed by atoms with Crippen LogP contribution >= 0.6 is 0 Å². The van der Waals surface area contributed by atoms with Crippen molar-refractivity contribution in [1.82, 2.24) is 0 Å². The average Bonchev–Trinajstić information content (AvgIpc) is 2.40. The molecule has 1 nitrogen and oxygen atoms in total. The van der Waals surface area contributed by atoms with E-state index in [1.54, 1.807) is 0 Å². The highest BCUT2D eigenvalue weighted by Gasteiger charge is 1.93. The average molecular weight is 222 g/mol. The molecule has 0 spiro atoms. The first kappa shape index (κ1) is 11.3. The number of rotatable bonds is 2. The predicted octanol–water partition coefficient (Wildman–Crippen LogP) is 3.64. The lowest BCUT2D eigenvalue weighted by Gasteiger charge is -1.99. The zero-order valence-corrected chi connectivity index (χ0v) is 9.81. The third kappa shape index (κ3) is 3.39. The minimum absolute atomic E-state index is 0.799. The number of benzene rings is 2. The second-order valence-corrected chi connectivity index (χ2v) is 3.70. The van der Waals surface area contributed by atoms with E-state index in [1.165, 1.54) is 5.56 Å². The Morgan fingerprint density at radius 2 is 1.82 bits per heavy atom. The Kier molecular flexibility index (Phi) is 3.83. The van der Waals surface area contributed by atoms with E-state index >= 15 is 0 Å². The fourth-order valence-corrected chi connectivity index (χ4v) is 1.49. The fourth-order valence-electron chi connectivity index (χ4n) is 1.49. The van der Waals surface area contributed by atoms with Gasteiger partial charge in [-0.3, -0.25) is 0 Å². The first-order valence-corrected chi connectivity index (χ1v) is 5.70. The summed E-state index contributed by atoms with van der Waals surface area (Å²) in [4.78, 5) is 0. The van der Waals surface area contributed by atoms with Gasteiger partial charge < -0.3 is 4.74 Å². The zero-order chi connectivity index (χ0) is 11.9. The van der Waals surface area contributed by atoms with Crippen LogP contribution in [-0.2, 0) is 6.42 Å². The van der Waals surface area contributed by atoms with Gasteiger partial charge in [-0.1, -0.05) is 37.3 Å². The van der Waals surface area contributed by atoms with E-state index < -0.39 is 0 Å². The van der Waals surface area contributed by atoms with Crippen molar-refractivity contribution < 1.29 is 4.74 Å². The number of hydrogen-bond acceptors (Lipinski definition) is 1. The van der Waals surface area contributed by atoms with E-state index in [4.69, 9.17) is 4.74 Å². The van der Waals surface area contributed by atoms with Gasteiger partial charge in [0.15, 0.2) is 0 Å². The summed E-state index contributed by atoms with van der Waals surface area (Å²) in [6.07, 6.45) is 3.72. The molecule has 2 aromatic carbocycles. The van der Waals surface area contributed by atoms with E-state index in [1.807, 2.05) is 48.5 Å². The van der Waals surface area contributed by atoms with Gasteiger partial charge in [0, 0.05) is 5.56 Å². The maximum atomic E-state index is 5.39. The Morgan fingerprint density at radius 3 is 2.59 bits per heavy atom. The molecule has 0 N–H and O–H groups in total. The summed E-state index contributed by atoms with van der Waals surface area (Å²) in [5.41, 5.74) is 2.21. The highest BCUT2D eigenvalue weighted by molar-refractivity contribution is 5.34. The van der Waals surface area contributed by atoms with Crippen LogP contribution in [0.4, 0.5) is 0 Å². The maximum absolute atomic E-state index is 5.39. The van der Waals surface area contributed by atoms with Crippen LogP contribution in [0.2, 0.25) is 0 Å². The predicted molar refractivity (Wildman–Crippen MR) is 69.8 cm³/mol. The standard InChI is InChI=1S/C16H14O/c1-2-14-9-6-10-16(13-14)17-12-11-15-7-4-3-5-8-15/h3-10,13H,2H2,1H3. The van der Waals surface area contributed by atoms with E-state index in [2.05, 4.69) is 25.0 Å². The number of aryl methyl sites for hydroxylation is 1. The Bertz CT molecular complexity index is 532. The molecule has 0 aliphatic carbocycles. The Hall–Kier alpha value is -2.20. The highest BCUT2D eigenvalue weighted by atomic mass is 16.5. The lowest BCUT2D eigenvalue weighted by atomic mass is 10.2. The molecule has 2 aromatic rings. The molecule has 0 aromatic heterocycles. The molecule has 0 heterocycles. The number of hydrogen-bond donors (Lipinski definition) is 0. The molecule has 0 unspecified atom stereocenters. The zero-order valence-electron chi connectivity index (χ0n) is 9.81. The first-order valence-electron chi connectivity index (χ1n) is 5.70. The normalized spacial score (nSPS) is 9.24. The highest BCUT2D eigenvalue weighted by Crippen LogP contribution is 2.13. The molecule has 0 atom stereocenters. The van der Waals surface area contributed by atoms with Crippen molar-refractivity contribution in [2.24, 2.45) is 0 Å². The van der Waals surface area contributed by atoms with Crippen molar-refractivity contribution in [3.05, 3.63) is 65.7 Å². The summed E-state index contributed by atoms with van der Waals surface area (Å²) < 4.78 is 5.39. The molecular formula is C16H14O. The molecule has 84 valence electrons. The van der Waals surface area contributed by atoms with Crippen molar-refractivity contribution >= 4 is 0 Å². The smallest absolute Gasteiger partial charge is 0.140 e. The summed E-state index contributed by atoms with van der Waals surface area (Å²) in [5.74, 6) is 3.76. The summed E-state index contributed by atoms with van der Waals surface area (Å²) in [7, 11) is 0. The van der Waals surface area contributed by atoms with Crippen LogP contribution < -0.4 is 4.74 Å². The van der Waals surface area contributed by atoms with Crippen LogP contribution in [0.15, 0.2) is 54.6 Å². The molecular weight excluding hydrogens is 208 g/mol. The molecule has 2 rings (SSSR count). The van der Waals surface area contributed by atoms with Crippen molar-refractivity contribution in [2.75, 3.05) is 0 Å². The van der Waals surface area contributed by atoms with Gasteiger partial charge in [0.1, 0.15) is 11.9 Å². The van der Waals surface area contributed by atoms with Gasteiger partial charge in [-0.2, -0.15) is 0 Å². The van der Waals surface area contributed by atoms with Gasteiger partial charge in [0.2, 0.25) is 0 Å². The second kappa shape index (κ2) is 5.77. The van der Waals surface area contributed by atoms with Crippen LogP contribution in [-0.4, -0.2) is 0 Å². The minimum Gasteiger partial charge on any atom is -0.407 e. The van der Waals surface area contributed by atoms with Gasteiger partial charge in [0.25, 0.3) is 0 Å². The molecule has 0 fully saturated rings. The Balaban J connectivity index is 2.05. The van der Waals surface area contributed by atoms with E-state index in [9.17, 15) is 0 Å². The third-order valence-electron chi connectivity index (χ3n) is 2.44. The van der Waals surface area contributed by atoms with Crippen molar-refractivity contribution in [3.63, 3.8) is 0 Å². The molecule has 0 bridgehead atoms. The minimum atomic E-state index is 0.799. The van der Waals surface area contributed by atoms with E-state index in [-0.39, 0.29) is 0 Å². The number of ether oxygens (including phenoxy) is 1. The summed E-state index contributed by atoms with van der Waals surface area (Å²) >= 11 is 0. The topological polar surface area (TPSA) is 9.23 Å². The summed E-state index contributed by atoms with van der Waals surface area (Å²) in [6, 6.07) is 17.8. The Labute approximate surface area is 102 Å². The van der Waals surface area contributed by atoms with Crippen LogP contribution in [0.1, 0.15) is 18.1 Å². The van der Waals surface area contributed by atoms with E-state index in [0.29, 0.717) is 0 Å². The van der Waals surface area contributed by atoms with E-state index in [0.717, 1.165) is 17.7 Å². The molecule has 0 radical (unpaired) electrons. The molecule has 1 heteroatoms. The Morgan fingerprint density at radius 1 is 1.00 bits per heavy atom. The molecule has 0 aliphatic heterocycles. The fraction of sp³-hybridized carbons (Fsp3) is 0.125. The van der Waals surface area contributed by atoms with Crippen LogP contribution in [0.5, 0.6) is 5.75 Å². The van der Waals surface area contributed by atoms with Crippen molar-refractivity contribution in [3.8, 4) is 17.8 Å². The van der Waals surface area contributed by atoms with Gasteiger partial charge in [-0.05, 0) is 42.2 Å². The lowest BCUT2D eigenvalue weighted by Crippen LogP contribution is -1.85. The van der Waals surface area contributed by atoms with Crippen LogP contribution in [0.25, 0.3) is 0 Å². The summed E-state index contributed by atoms with van der Waals surface area (Å²) in [5, 5.41) is 0. The largest absolute Gasteiger partial charge is 0.407 e. The van der Waals surface area contributed by atoms with Crippen molar-refractivity contribution in [1.29, 1.82) is 0 Å². The van der Waals surface area contributed by atoms with Gasteiger partial charge in [-0.15, -0.1) is 0 Å². The third-order valence-corrected chi connectivity index (χ3v) is 2.44. The quantitative estimate of drug-likeness (QED) is 0.705. The van der Waals surface area contributed by atoms with Crippen LogP contribution in [0.3, 0.4) is 0 Å². The molecule has 0 saturated heterocycles. The van der Waals surface area contributed by atoms with Crippen molar-refractivity contribution in [2.45, 2.75) is 13.3 Å². The van der Waals surface area contributed by atoms with Gasteiger partial charge in [0.05, 0.1) is 0 Å². The van der Waals surface area contributed by atoms with Crippen LogP contribution in [0, 0.1) is 12.0 Å². The summed E-state index contributed by atoms with van der Waals surface area (Å²) in [6.45, 7) is 2.12. The SMILES string of the molecule is CCc1cccc(OC#Cc2ccccc2)c1.